The lowest BCUT2D eigenvalue weighted by molar-refractivity contribution is -0.384. The van der Waals surface area contributed by atoms with Gasteiger partial charge in [-0.1, -0.05) is 5.16 Å². The van der Waals surface area contributed by atoms with Crippen LogP contribution in [-0.2, 0) is 11.3 Å². The number of ether oxygens (including phenoxy) is 1. The SMILES string of the molecule is Cc1cc(-c2cc(C(=O)OCc3nnc(-c4ccc([N+](=O)[O-])cc4)o3)c3c(C)noc3n2)c(C)o1. The second-order valence-electron chi connectivity index (χ2n) is 7.71. The molecule has 0 aliphatic heterocycles. The highest BCUT2D eigenvalue weighted by atomic mass is 16.6. The first-order chi connectivity index (χ1) is 16.8. The van der Waals surface area contributed by atoms with Crippen LogP contribution in [0.4, 0.5) is 5.69 Å². The van der Waals surface area contributed by atoms with Crippen LogP contribution in [0.25, 0.3) is 33.8 Å². The predicted octanol–water partition coefficient (Wildman–Crippen LogP) is 4.72. The summed E-state index contributed by atoms with van der Waals surface area (Å²) in [6.45, 7) is 5.03. The van der Waals surface area contributed by atoms with Gasteiger partial charge in [0, 0.05) is 23.3 Å². The number of pyridine rings is 1. The van der Waals surface area contributed by atoms with E-state index in [1.54, 1.807) is 19.9 Å². The van der Waals surface area contributed by atoms with Crippen molar-refractivity contribution >= 4 is 22.8 Å². The quantitative estimate of drug-likeness (QED) is 0.190. The summed E-state index contributed by atoms with van der Waals surface area (Å²) < 4.78 is 21.9. The lowest BCUT2D eigenvalue weighted by Gasteiger charge is -2.06. The van der Waals surface area contributed by atoms with E-state index in [2.05, 4.69) is 20.3 Å². The van der Waals surface area contributed by atoms with Gasteiger partial charge in [0.1, 0.15) is 11.5 Å². The monoisotopic (exact) mass is 475 g/mol. The van der Waals surface area contributed by atoms with Crippen molar-refractivity contribution in [2.45, 2.75) is 27.4 Å². The van der Waals surface area contributed by atoms with E-state index in [1.165, 1.54) is 24.3 Å². The van der Waals surface area contributed by atoms with Crippen molar-refractivity contribution in [3.05, 3.63) is 75.2 Å². The Morgan fingerprint density at radius 2 is 1.86 bits per heavy atom. The van der Waals surface area contributed by atoms with Crippen molar-refractivity contribution in [3.63, 3.8) is 0 Å². The minimum Gasteiger partial charge on any atom is -0.466 e. The number of carbonyl (C=O) groups is 1. The molecule has 0 saturated carbocycles. The molecule has 0 amide bonds. The number of hydrogen-bond donors (Lipinski definition) is 0. The number of benzene rings is 1. The summed E-state index contributed by atoms with van der Waals surface area (Å²) in [6.07, 6.45) is 0. The molecule has 0 bridgehead atoms. The molecule has 0 spiro atoms. The fraction of sp³-hybridized carbons (Fsp3) is 0.174. The molecule has 0 aliphatic rings. The number of aryl methyl sites for hydroxylation is 3. The summed E-state index contributed by atoms with van der Waals surface area (Å²) >= 11 is 0. The van der Waals surface area contributed by atoms with E-state index in [0.717, 1.165) is 5.56 Å². The number of non-ortho nitro benzene ring substituents is 1. The van der Waals surface area contributed by atoms with Gasteiger partial charge in [0.15, 0.2) is 6.61 Å². The molecule has 35 heavy (non-hydrogen) atoms. The fourth-order valence-corrected chi connectivity index (χ4v) is 3.64. The van der Waals surface area contributed by atoms with Crippen LogP contribution >= 0.6 is 0 Å². The van der Waals surface area contributed by atoms with E-state index in [0.29, 0.717) is 33.9 Å². The number of hydrogen-bond acceptors (Lipinski definition) is 11. The van der Waals surface area contributed by atoms with Crippen LogP contribution in [0.3, 0.4) is 0 Å². The minimum absolute atomic E-state index is 0.0561. The zero-order chi connectivity index (χ0) is 24.7. The lowest BCUT2D eigenvalue weighted by Crippen LogP contribution is -2.07. The number of furan rings is 1. The van der Waals surface area contributed by atoms with Crippen molar-refractivity contribution in [1.82, 2.24) is 20.3 Å². The van der Waals surface area contributed by atoms with Gasteiger partial charge in [-0.15, -0.1) is 10.2 Å². The van der Waals surface area contributed by atoms with E-state index < -0.39 is 10.9 Å². The normalized spacial score (nSPS) is 11.2. The van der Waals surface area contributed by atoms with Gasteiger partial charge in [-0.25, -0.2) is 9.78 Å². The molecule has 0 N–H and O–H groups in total. The van der Waals surface area contributed by atoms with Gasteiger partial charge in [-0.05, 0) is 45.0 Å². The molecular formula is C23H17N5O7. The average Bonchev–Trinajstić information content (AvgIpc) is 3.55. The fourth-order valence-electron chi connectivity index (χ4n) is 3.64. The summed E-state index contributed by atoms with van der Waals surface area (Å²) in [5, 5.41) is 23.0. The number of esters is 1. The lowest BCUT2D eigenvalue weighted by atomic mass is 10.1. The highest BCUT2D eigenvalue weighted by Gasteiger charge is 2.23. The zero-order valence-corrected chi connectivity index (χ0v) is 18.8. The van der Waals surface area contributed by atoms with Crippen LogP contribution in [-0.4, -0.2) is 31.2 Å². The van der Waals surface area contributed by atoms with Crippen LogP contribution in [0.5, 0.6) is 0 Å². The number of nitro groups is 1. The van der Waals surface area contributed by atoms with E-state index >= 15 is 0 Å². The molecule has 12 heteroatoms. The Kier molecular flexibility index (Phi) is 5.32. The minimum atomic E-state index is -0.655. The van der Waals surface area contributed by atoms with Crippen LogP contribution < -0.4 is 0 Å². The third-order valence-electron chi connectivity index (χ3n) is 5.27. The maximum absolute atomic E-state index is 13.0. The molecule has 176 valence electrons. The second-order valence-corrected chi connectivity index (χ2v) is 7.71. The Balaban J connectivity index is 1.39. The van der Waals surface area contributed by atoms with Gasteiger partial charge in [-0.2, -0.15) is 0 Å². The van der Waals surface area contributed by atoms with Crippen LogP contribution in [0.2, 0.25) is 0 Å². The van der Waals surface area contributed by atoms with Crippen molar-refractivity contribution in [3.8, 4) is 22.7 Å². The summed E-state index contributed by atoms with van der Waals surface area (Å²) in [4.78, 5) is 27.8. The first-order valence-electron chi connectivity index (χ1n) is 10.4. The Labute approximate surface area is 196 Å². The van der Waals surface area contributed by atoms with E-state index in [-0.39, 0.29) is 35.4 Å². The Morgan fingerprint density at radius 1 is 1.09 bits per heavy atom. The largest absolute Gasteiger partial charge is 0.466 e. The first kappa shape index (κ1) is 21.9. The molecule has 4 aromatic heterocycles. The molecule has 0 unspecified atom stereocenters. The standard InChI is InChI=1S/C23H17N5O7/c1-11-8-16(13(3)33-11)18-9-17(20-12(2)27-35-22(20)24-18)23(29)32-10-19-25-26-21(34-19)14-4-6-15(7-5-14)28(30)31/h4-9H,10H2,1-3H3. The summed E-state index contributed by atoms with van der Waals surface area (Å²) in [6, 6.07) is 9.06. The van der Waals surface area contributed by atoms with Crippen molar-refractivity contribution in [1.29, 1.82) is 0 Å². The number of nitro benzene ring substituents is 1. The first-order valence-corrected chi connectivity index (χ1v) is 10.4. The maximum atomic E-state index is 13.0. The number of rotatable bonds is 6. The Hall–Kier alpha value is -4.87. The zero-order valence-electron chi connectivity index (χ0n) is 18.8. The van der Waals surface area contributed by atoms with Crippen molar-refractivity contribution in [2.75, 3.05) is 0 Å². The maximum Gasteiger partial charge on any atom is 0.339 e. The molecule has 0 atom stereocenters. The predicted molar refractivity (Wildman–Crippen MR) is 119 cm³/mol. The molecular weight excluding hydrogens is 458 g/mol. The summed E-state index contributed by atoms with van der Waals surface area (Å²) in [7, 11) is 0. The summed E-state index contributed by atoms with van der Waals surface area (Å²) in [5.74, 6) is 0.894. The molecule has 0 fully saturated rings. The van der Waals surface area contributed by atoms with E-state index in [9.17, 15) is 14.9 Å². The molecule has 0 radical (unpaired) electrons. The van der Waals surface area contributed by atoms with Gasteiger partial charge < -0.3 is 18.1 Å². The smallest absolute Gasteiger partial charge is 0.339 e. The number of aromatic nitrogens is 4. The van der Waals surface area contributed by atoms with Crippen LogP contribution in [0, 0.1) is 30.9 Å². The van der Waals surface area contributed by atoms with E-state index in [1.807, 2.05) is 13.0 Å². The number of carbonyl (C=O) groups excluding carboxylic acids is 1. The third kappa shape index (κ3) is 4.12. The second kappa shape index (κ2) is 8.48. The van der Waals surface area contributed by atoms with Gasteiger partial charge in [-0.3, -0.25) is 10.1 Å². The third-order valence-corrected chi connectivity index (χ3v) is 5.27. The van der Waals surface area contributed by atoms with Gasteiger partial charge in [0.05, 0.1) is 27.3 Å². The van der Waals surface area contributed by atoms with Crippen LogP contribution in [0.15, 0.2) is 49.8 Å². The summed E-state index contributed by atoms with van der Waals surface area (Å²) in [5.41, 5.74) is 2.54. The Bertz CT molecular complexity index is 1580. The van der Waals surface area contributed by atoms with Crippen molar-refractivity contribution in [2.24, 2.45) is 0 Å². The van der Waals surface area contributed by atoms with Gasteiger partial charge >= 0.3 is 5.97 Å². The highest BCUT2D eigenvalue weighted by molar-refractivity contribution is 6.04. The molecule has 0 aliphatic carbocycles. The van der Waals surface area contributed by atoms with Crippen LogP contribution in [0.1, 0.15) is 33.5 Å². The van der Waals surface area contributed by atoms with E-state index in [4.69, 9.17) is 18.1 Å². The molecule has 4 heterocycles. The van der Waals surface area contributed by atoms with Gasteiger partial charge in [0.2, 0.25) is 5.89 Å². The molecule has 5 rings (SSSR count). The topological polar surface area (TPSA) is 160 Å². The Morgan fingerprint density at radius 3 is 2.54 bits per heavy atom. The number of nitrogens with zero attached hydrogens (tertiary/aromatic N) is 5. The molecule has 12 nitrogen and oxygen atoms in total. The molecule has 1 aromatic carbocycles. The molecule has 0 saturated heterocycles. The van der Waals surface area contributed by atoms with Crippen molar-refractivity contribution < 1.29 is 27.8 Å². The highest BCUT2D eigenvalue weighted by Crippen LogP contribution is 2.31. The average molecular weight is 475 g/mol. The van der Waals surface area contributed by atoms with Gasteiger partial charge in [0.25, 0.3) is 17.3 Å². The number of fused-ring (bicyclic) bond motifs is 1. The molecule has 5 aromatic rings.